The maximum Gasteiger partial charge on any atom is 0.294 e. The zero-order valence-electron chi connectivity index (χ0n) is 7.81. The van der Waals surface area contributed by atoms with Crippen molar-refractivity contribution in [3.05, 3.63) is 23.3 Å². The third-order valence-electron chi connectivity index (χ3n) is 1.97. The van der Waals surface area contributed by atoms with E-state index < -0.39 is 10.1 Å². The van der Waals surface area contributed by atoms with E-state index >= 15 is 0 Å². The third kappa shape index (κ3) is 2.49. The summed E-state index contributed by atoms with van der Waals surface area (Å²) in [5.74, 6) is -0.232. The molecule has 0 aromatic heterocycles. The molecule has 1 rings (SSSR count). The van der Waals surface area contributed by atoms with Crippen LogP contribution < -0.4 is 5.11 Å². The number of hydrogen-bond donors (Lipinski definition) is 1. The highest BCUT2D eigenvalue weighted by molar-refractivity contribution is 7.85. The first-order valence-corrected chi connectivity index (χ1v) is 5.02. The van der Waals surface area contributed by atoms with E-state index in [0.29, 0.717) is 11.1 Å². The van der Waals surface area contributed by atoms with Crippen LogP contribution in [0.4, 0.5) is 0 Å². The van der Waals surface area contributed by atoms with Gasteiger partial charge < -0.3 is 5.11 Å². The van der Waals surface area contributed by atoms with Crippen LogP contribution in [0.1, 0.15) is 11.1 Å². The van der Waals surface area contributed by atoms with Crippen molar-refractivity contribution in [3.8, 4) is 5.75 Å². The summed E-state index contributed by atoms with van der Waals surface area (Å²) >= 11 is 0. The molecular weight excluding hydrogens is 219 g/mol. The van der Waals surface area contributed by atoms with Crippen molar-refractivity contribution in [2.45, 2.75) is 18.7 Å². The smallest absolute Gasteiger partial charge is 0.294 e. The molecule has 75 valence electrons. The second-order valence-electron chi connectivity index (χ2n) is 2.79. The molecule has 0 aliphatic rings. The average Bonchev–Trinajstić information content (AvgIpc) is 1.98. The monoisotopic (exact) mass is 228 g/mol. The van der Waals surface area contributed by atoms with Crippen molar-refractivity contribution in [1.29, 1.82) is 0 Å². The van der Waals surface area contributed by atoms with Gasteiger partial charge in [0.1, 0.15) is 0 Å². The van der Waals surface area contributed by atoms with Gasteiger partial charge in [0, 0.05) is 17.4 Å². The Morgan fingerprint density at radius 1 is 1.21 bits per heavy atom. The fourth-order valence-corrected chi connectivity index (χ4v) is 1.83. The topological polar surface area (TPSA) is 77.4 Å². The molecule has 3 radical (unpaired) electrons. The molecule has 1 aromatic carbocycles. The molecule has 4 nitrogen and oxygen atoms in total. The molecule has 0 aliphatic carbocycles. The van der Waals surface area contributed by atoms with Crippen molar-refractivity contribution in [3.63, 3.8) is 0 Å². The summed E-state index contributed by atoms with van der Waals surface area (Å²) in [6.45, 7) is 3.01. The van der Waals surface area contributed by atoms with E-state index in [2.05, 4.69) is 0 Å². The van der Waals surface area contributed by atoms with Gasteiger partial charge in [0.05, 0.1) is 4.90 Å². The van der Waals surface area contributed by atoms with Gasteiger partial charge >= 0.3 is 0 Å². The van der Waals surface area contributed by atoms with Crippen LogP contribution in [0.3, 0.4) is 0 Å². The van der Waals surface area contributed by atoms with Crippen molar-refractivity contribution >= 4 is 27.5 Å². The summed E-state index contributed by atoms with van der Waals surface area (Å²) < 4.78 is 30.3. The van der Waals surface area contributed by atoms with Crippen molar-refractivity contribution < 1.29 is 18.1 Å². The fraction of sp³-hybridized carbons (Fsp3) is 0.250. The maximum absolute atomic E-state index is 11.0. The van der Waals surface area contributed by atoms with E-state index in [1.165, 1.54) is 13.8 Å². The van der Waals surface area contributed by atoms with Crippen LogP contribution in [0.2, 0.25) is 0 Å². The first-order valence-electron chi connectivity index (χ1n) is 3.58. The van der Waals surface area contributed by atoms with Gasteiger partial charge in [-0.25, -0.2) is 0 Å². The van der Waals surface area contributed by atoms with Gasteiger partial charge in [-0.1, -0.05) is 11.6 Å². The molecule has 0 spiro atoms. The SMILES string of the molecule is Cc1c([O-])ccc(S(=O)(=O)O)c1C.[Al]. The van der Waals surface area contributed by atoms with Gasteiger partial charge in [0.2, 0.25) is 0 Å². The zero-order valence-corrected chi connectivity index (χ0v) is 9.78. The molecule has 0 fully saturated rings. The molecule has 0 atom stereocenters. The van der Waals surface area contributed by atoms with Gasteiger partial charge in [-0.3, -0.25) is 4.55 Å². The maximum atomic E-state index is 11.0. The highest BCUT2D eigenvalue weighted by atomic mass is 32.2. The zero-order chi connectivity index (χ0) is 10.2. The van der Waals surface area contributed by atoms with E-state index in [1.54, 1.807) is 0 Å². The van der Waals surface area contributed by atoms with Gasteiger partial charge in [-0.05, 0) is 25.5 Å². The minimum atomic E-state index is -4.21. The van der Waals surface area contributed by atoms with Crippen LogP contribution in [-0.4, -0.2) is 30.3 Å². The molecule has 0 bridgehead atoms. The lowest BCUT2D eigenvalue weighted by atomic mass is 10.1. The van der Waals surface area contributed by atoms with Crippen LogP contribution in [0, 0.1) is 13.8 Å². The first kappa shape index (κ1) is 13.5. The Balaban J connectivity index is 0.00000169. The van der Waals surface area contributed by atoms with Gasteiger partial charge in [-0.2, -0.15) is 8.42 Å². The lowest BCUT2D eigenvalue weighted by molar-refractivity contribution is -0.269. The molecule has 0 saturated heterocycles. The van der Waals surface area contributed by atoms with E-state index in [-0.39, 0.29) is 28.0 Å². The predicted molar refractivity (Wildman–Crippen MR) is 50.9 cm³/mol. The van der Waals surface area contributed by atoms with Crippen LogP contribution in [0.15, 0.2) is 17.0 Å². The quantitative estimate of drug-likeness (QED) is 0.551. The molecule has 0 aliphatic heterocycles. The predicted octanol–water partition coefficient (Wildman–Crippen LogP) is 0.243. The number of hydrogen-bond acceptors (Lipinski definition) is 3. The van der Waals surface area contributed by atoms with Crippen LogP contribution in [0.25, 0.3) is 0 Å². The van der Waals surface area contributed by atoms with Crippen molar-refractivity contribution in [2.24, 2.45) is 0 Å². The Morgan fingerprint density at radius 2 is 1.71 bits per heavy atom. The Labute approximate surface area is 93.5 Å². The molecular formula is C8H9AlO4S-. The standard InChI is InChI=1S/C8H10O4S.Al/c1-5-6(2)8(13(10,11)12)4-3-7(5)9;/h3-4,9H,1-2H3,(H,10,11,12);/p-1. The summed E-state index contributed by atoms with van der Waals surface area (Å²) in [6, 6.07) is 2.24. The molecule has 1 N–H and O–H groups in total. The number of benzene rings is 1. The molecule has 6 heteroatoms. The fourth-order valence-electron chi connectivity index (χ4n) is 1.05. The highest BCUT2D eigenvalue weighted by Crippen LogP contribution is 2.23. The van der Waals surface area contributed by atoms with Crippen molar-refractivity contribution in [2.75, 3.05) is 0 Å². The lowest BCUT2D eigenvalue weighted by Gasteiger charge is -2.14. The minimum Gasteiger partial charge on any atom is -0.872 e. The Kier molecular flexibility index (Phi) is 4.16. The minimum absolute atomic E-state index is 0. The highest BCUT2D eigenvalue weighted by Gasteiger charge is 2.13. The molecule has 0 heterocycles. The van der Waals surface area contributed by atoms with E-state index in [4.69, 9.17) is 4.55 Å². The Morgan fingerprint density at radius 3 is 2.14 bits per heavy atom. The molecule has 0 saturated carbocycles. The van der Waals surface area contributed by atoms with Crippen molar-refractivity contribution in [1.82, 2.24) is 0 Å². The lowest BCUT2D eigenvalue weighted by Crippen LogP contribution is -2.04. The summed E-state index contributed by atoms with van der Waals surface area (Å²) in [5, 5.41) is 11.0. The van der Waals surface area contributed by atoms with Gasteiger partial charge in [0.15, 0.2) is 0 Å². The van der Waals surface area contributed by atoms with E-state index in [0.717, 1.165) is 12.1 Å². The van der Waals surface area contributed by atoms with Crippen LogP contribution in [0.5, 0.6) is 5.75 Å². The largest absolute Gasteiger partial charge is 0.872 e. The summed E-state index contributed by atoms with van der Waals surface area (Å²) in [4.78, 5) is -0.204. The van der Waals surface area contributed by atoms with Crippen LogP contribution >= 0.6 is 0 Å². The van der Waals surface area contributed by atoms with E-state index in [9.17, 15) is 13.5 Å². The second-order valence-corrected chi connectivity index (χ2v) is 4.18. The molecule has 0 unspecified atom stereocenters. The normalized spacial score (nSPS) is 10.8. The summed E-state index contributed by atoms with van der Waals surface area (Å²) in [5.41, 5.74) is 0.644. The Bertz CT molecular complexity index is 439. The summed E-state index contributed by atoms with van der Waals surface area (Å²) in [7, 11) is -4.21. The number of rotatable bonds is 1. The van der Waals surface area contributed by atoms with E-state index in [1.807, 2.05) is 0 Å². The molecule has 0 amide bonds. The Hall–Kier alpha value is -0.538. The van der Waals surface area contributed by atoms with Crippen LogP contribution in [-0.2, 0) is 10.1 Å². The average molecular weight is 228 g/mol. The molecule has 1 aromatic rings. The van der Waals surface area contributed by atoms with Gasteiger partial charge in [0.25, 0.3) is 10.1 Å². The first-order chi connectivity index (χ1) is 5.84. The second kappa shape index (κ2) is 4.32. The molecule has 14 heavy (non-hydrogen) atoms. The third-order valence-corrected chi connectivity index (χ3v) is 2.96. The van der Waals surface area contributed by atoms with Gasteiger partial charge in [-0.15, -0.1) is 5.75 Å². The summed E-state index contributed by atoms with van der Waals surface area (Å²) in [6.07, 6.45) is 0.